The highest BCUT2D eigenvalue weighted by Gasteiger charge is 2.28. The number of hydrogen-bond acceptors (Lipinski definition) is 1. The van der Waals surface area contributed by atoms with Gasteiger partial charge in [0, 0.05) is 0 Å². The van der Waals surface area contributed by atoms with E-state index in [1.54, 1.807) is 12.1 Å². The van der Waals surface area contributed by atoms with Gasteiger partial charge in [-0.1, -0.05) is 31.5 Å². The van der Waals surface area contributed by atoms with Crippen LogP contribution in [-0.4, -0.2) is 12.8 Å². The zero-order valence-corrected chi connectivity index (χ0v) is 9.56. The summed E-state index contributed by atoms with van der Waals surface area (Å²) >= 11 is 0. The van der Waals surface area contributed by atoms with Crippen LogP contribution < -0.4 is 4.74 Å². The fourth-order valence-electron chi connectivity index (χ4n) is 1.41. The van der Waals surface area contributed by atoms with Crippen molar-refractivity contribution in [2.24, 2.45) is 0 Å². The fraction of sp³-hybridized carbons (Fsp3) is 0.500. The van der Waals surface area contributed by atoms with Crippen molar-refractivity contribution in [3.8, 4) is 5.75 Å². The quantitative estimate of drug-likeness (QED) is 0.763. The molecule has 0 saturated carbocycles. The van der Waals surface area contributed by atoms with E-state index in [0.717, 1.165) is 11.1 Å². The Bertz CT molecular complexity index is 356. The van der Waals surface area contributed by atoms with E-state index in [9.17, 15) is 13.2 Å². The van der Waals surface area contributed by atoms with Crippen LogP contribution in [0, 0.1) is 6.92 Å². The average molecular weight is 232 g/mol. The van der Waals surface area contributed by atoms with Crippen molar-refractivity contribution in [2.45, 2.75) is 32.9 Å². The molecule has 16 heavy (non-hydrogen) atoms. The molecule has 0 saturated heterocycles. The molecule has 0 bridgehead atoms. The number of ether oxygens (including phenoxy) is 1. The van der Waals surface area contributed by atoms with Crippen molar-refractivity contribution in [1.29, 1.82) is 0 Å². The van der Waals surface area contributed by atoms with Crippen LogP contribution in [0.2, 0.25) is 0 Å². The van der Waals surface area contributed by atoms with Crippen LogP contribution in [0.15, 0.2) is 18.2 Å². The van der Waals surface area contributed by atoms with E-state index in [4.69, 9.17) is 4.74 Å². The average Bonchev–Trinajstić information content (AvgIpc) is 2.14. The molecule has 0 aliphatic rings. The Morgan fingerprint density at radius 3 is 2.38 bits per heavy atom. The molecule has 4 heteroatoms. The van der Waals surface area contributed by atoms with Gasteiger partial charge >= 0.3 is 6.18 Å². The lowest BCUT2D eigenvalue weighted by Gasteiger charge is -2.15. The van der Waals surface area contributed by atoms with Gasteiger partial charge in [0.15, 0.2) is 6.61 Å². The van der Waals surface area contributed by atoms with Gasteiger partial charge in [-0.25, -0.2) is 0 Å². The van der Waals surface area contributed by atoms with Gasteiger partial charge in [-0.15, -0.1) is 0 Å². The van der Waals surface area contributed by atoms with Crippen LogP contribution in [0.5, 0.6) is 5.75 Å². The van der Waals surface area contributed by atoms with Gasteiger partial charge in [0.05, 0.1) is 0 Å². The van der Waals surface area contributed by atoms with E-state index in [2.05, 4.69) is 0 Å². The Morgan fingerprint density at radius 1 is 1.25 bits per heavy atom. The summed E-state index contributed by atoms with van der Waals surface area (Å²) in [5.74, 6) is 0.459. The third-order valence-electron chi connectivity index (χ3n) is 2.18. The van der Waals surface area contributed by atoms with E-state index in [-0.39, 0.29) is 5.92 Å². The van der Waals surface area contributed by atoms with Gasteiger partial charge in [0.1, 0.15) is 5.75 Å². The molecular formula is C12H15F3O. The van der Waals surface area contributed by atoms with Crippen molar-refractivity contribution in [3.63, 3.8) is 0 Å². The van der Waals surface area contributed by atoms with Crippen molar-refractivity contribution in [1.82, 2.24) is 0 Å². The van der Waals surface area contributed by atoms with Crippen molar-refractivity contribution < 1.29 is 17.9 Å². The molecule has 0 aromatic heterocycles. The minimum atomic E-state index is -4.29. The molecule has 1 rings (SSSR count). The van der Waals surface area contributed by atoms with Gasteiger partial charge in [-0.05, 0) is 24.5 Å². The zero-order valence-electron chi connectivity index (χ0n) is 9.56. The van der Waals surface area contributed by atoms with Gasteiger partial charge in [0.2, 0.25) is 0 Å². The first-order chi connectivity index (χ1) is 7.29. The van der Waals surface area contributed by atoms with Crippen LogP contribution in [-0.2, 0) is 0 Å². The Hall–Kier alpha value is -1.19. The summed E-state index contributed by atoms with van der Waals surface area (Å²) < 4.78 is 40.9. The molecule has 1 nitrogen and oxygen atoms in total. The summed E-state index contributed by atoms with van der Waals surface area (Å²) in [5, 5.41) is 0. The van der Waals surface area contributed by atoms with E-state index in [1.165, 1.54) is 0 Å². The number of aryl methyl sites for hydroxylation is 1. The number of halogens is 3. The van der Waals surface area contributed by atoms with Crippen LogP contribution in [0.4, 0.5) is 13.2 Å². The summed E-state index contributed by atoms with van der Waals surface area (Å²) in [7, 11) is 0. The lowest BCUT2D eigenvalue weighted by molar-refractivity contribution is -0.153. The fourth-order valence-corrected chi connectivity index (χ4v) is 1.41. The third-order valence-corrected chi connectivity index (χ3v) is 2.18. The smallest absolute Gasteiger partial charge is 0.422 e. The van der Waals surface area contributed by atoms with Crippen molar-refractivity contribution >= 4 is 0 Å². The molecule has 0 radical (unpaired) electrons. The normalized spacial score (nSPS) is 11.9. The van der Waals surface area contributed by atoms with Crippen LogP contribution in [0.1, 0.15) is 30.9 Å². The largest absolute Gasteiger partial charge is 0.484 e. The van der Waals surface area contributed by atoms with Gasteiger partial charge in [-0.2, -0.15) is 13.2 Å². The third kappa shape index (κ3) is 3.76. The lowest BCUT2D eigenvalue weighted by Crippen LogP contribution is -2.19. The number of alkyl halides is 3. The highest BCUT2D eigenvalue weighted by atomic mass is 19.4. The summed E-state index contributed by atoms with van der Waals surface area (Å²) in [6.07, 6.45) is -4.29. The summed E-state index contributed by atoms with van der Waals surface area (Å²) in [5.41, 5.74) is 1.83. The standard InChI is InChI=1S/C12H15F3O/c1-8(2)10-6-9(3)4-5-11(10)16-7-12(13,14)15/h4-6,8H,7H2,1-3H3. The molecule has 0 heterocycles. The van der Waals surface area contributed by atoms with Crippen LogP contribution in [0.25, 0.3) is 0 Å². The van der Waals surface area contributed by atoms with E-state index >= 15 is 0 Å². The van der Waals surface area contributed by atoms with Crippen molar-refractivity contribution in [3.05, 3.63) is 29.3 Å². The topological polar surface area (TPSA) is 9.23 Å². The first-order valence-electron chi connectivity index (χ1n) is 5.09. The Balaban J connectivity index is 2.87. The highest BCUT2D eigenvalue weighted by Crippen LogP contribution is 2.28. The van der Waals surface area contributed by atoms with Crippen molar-refractivity contribution in [2.75, 3.05) is 6.61 Å². The van der Waals surface area contributed by atoms with E-state index < -0.39 is 12.8 Å². The van der Waals surface area contributed by atoms with E-state index in [1.807, 2.05) is 26.8 Å². The van der Waals surface area contributed by atoms with Crippen LogP contribution in [0.3, 0.4) is 0 Å². The molecule has 1 aromatic carbocycles. The predicted octanol–water partition coefficient (Wildman–Crippen LogP) is 4.06. The zero-order chi connectivity index (χ0) is 12.3. The Labute approximate surface area is 93.2 Å². The summed E-state index contributed by atoms with van der Waals surface area (Å²) in [4.78, 5) is 0. The number of hydrogen-bond donors (Lipinski definition) is 0. The summed E-state index contributed by atoms with van der Waals surface area (Å²) in [6, 6.07) is 5.20. The lowest BCUT2D eigenvalue weighted by atomic mass is 10.00. The second kappa shape index (κ2) is 4.76. The predicted molar refractivity (Wildman–Crippen MR) is 56.8 cm³/mol. The molecule has 0 N–H and O–H groups in total. The molecule has 0 aliphatic heterocycles. The molecule has 0 amide bonds. The molecule has 0 fully saturated rings. The van der Waals surface area contributed by atoms with Gasteiger partial charge < -0.3 is 4.74 Å². The molecule has 0 spiro atoms. The maximum Gasteiger partial charge on any atom is 0.422 e. The highest BCUT2D eigenvalue weighted by molar-refractivity contribution is 5.38. The SMILES string of the molecule is Cc1ccc(OCC(F)(F)F)c(C(C)C)c1. The first-order valence-corrected chi connectivity index (χ1v) is 5.09. The molecule has 0 atom stereocenters. The minimum Gasteiger partial charge on any atom is -0.484 e. The monoisotopic (exact) mass is 232 g/mol. The molecule has 1 aromatic rings. The Kier molecular flexibility index (Phi) is 3.83. The van der Waals surface area contributed by atoms with Gasteiger partial charge in [-0.3, -0.25) is 0 Å². The number of rotatable bonds is 3. The minimum absolute atomic E-state index is 0.142. The second-order valence-corrected chi connectivity index (χ2v) is 4.10. The Morgan fingerprint density at radius 2 is 1.88 bits per heavy atom. The number of benzene rings is 1. The second-order valence-electron chi connectivity index (χ2n) is 4.10. The maximum atomic E-state index is 12.0. The molecular weight excluding hydrogens is 217 g/mol. The maximum absolute atomic E-state index is 12.0. The molecule has 90 valence electrons. The van der Waals surface area contributed by atoms with Crippen LogP contribution >= 0.6 is 0 Å². The molecule has 0 aliphatic carbocycles. The first kappa shape index (κ1) is 12.9. The van der Waals surface area contributed by atoms with Gasteiger partial charge in [0.25, 0.3) is 0 Å². The molecule has 0 unspecified atom stereocenters. The summed E-state index contributed by atoms with van der Waals surface area (Å²) in [6.45, 7) is 4.51. The van der Waals surface area contributed by atoms with E-state index in [0.29, 0.717) is 5.75 Å².